The van der Waals surface area contributed by atoms with Crippen LogP contribution in [0.15, 0.2) is 0 Å². The molecule has 5 nitrogen and oxygen atoms in total. The van der Waals surface area contributed by atoms with Crippen molar-refractivity contribution in [2.45, 2.75) is 6.42 Å². The van der Waals surface area contributed by atoms with E-state index in [0.717, 1.165) is 32.0 Å². The van der Waals surface area contributed by atoms with Gasteiger partial charge in [-0.1, -0.05) is 23.2 Å². The topological polar surface area (TPSA) is 67.1 Å². The van der Waals surface area contributed by atoms with E-state index in [1.165, 1.54) is 0 Å². The molecule has 7 heteroatoms. The molecule has 0 bridgehead atoms. The van der Waals surface area contributed by atoms with Crippen LogP contribution in [-0.2, 0) is 6.42 Å². The van der Waals surface area contributed by atoms with Crippen LogP contribution in [0.1, 0.15) is 5.82 Å². The molecular weight excluding hydrogens is 261 g/mol. The Balaban J connectivity index is 2.29. The molecule has 1 aromatic heterocycles. The highest BCUT2D eigenvalue weighted by Crippen LogP contribution is 2.29. The van der Waals surface area contributed by atoms with Crippen molar-refractivity contribution in [1.29, 1.82) is 0 Å². The Morgan fingerprint density at radius 2 is 1.94 bits per heavy atom. The van der Waals surface area contributed by atoms with Gasteiger partial charge in [0, 0.05) is 32.6 Å². The summed E-state index contributed by atoms with van der Waals surface area (Å²) >= 11 is 12.2. The summed E-state index contributed by atoms with van der Waals surface area (Å²) in [5.41, 5.74) is 5.50. The molecule has 0 aromatic carbocycles. The number of rotatable bonds is 3. The van der Waals surface area contributed by atoms with Crippen LogP contribution in [0.4, 0.5) is 5.82 Å². The van der Waals surface area contributed by atoms with E-state index in [9.17, 15) is 0 Å². The summed E-state index contributed by atoms with van der Waals surface area (Å²) in [6, 6.07) is 0. The molecule has 3 N–H and O–H groups in total. The third-order valence-electron chi connectivity index (χ3n) is 2.62. The minimum Gasteiger partial charge on any atom is -0.353 e. The van der Waals surface area contributed by atoms with Crippen LogP contribution in [0.25, 0.3) is 0 Å². The second-order valence-electron chi connectivity index (χ2n) is 3.84. The quantitative estimate of drug-likeness (QED) is 0.795. The molecule has 2 rings (SSSR count). The Bertz CT molecular complexity index is 393. The van der Waals surface area contributed by atoms with E-state index in [4.69, 9.17) is 28.9 Å². The molecule has 0 spiro atoms. The van der Waals surface area contributed by atoms with E-state index in [0.29, 0.717) is 29.0 Å². The predicted molar refractivity (Wildman–Crippen MR) is 69.9 cm³/mol. The highest BCUT2D eigenvalue weighted by atomic mass is 35.5. The fourth-order valence-corrected chi connectivity index (χ4v) is 2.16. The summed E-state index contributed by atoms with van der Waals surface area (Å²) in [6.45, 7) is 4.08. The van der Waals surface area contributed by atoms with Gasteiger partial charge >= 0.3 is 0 Å². The van der Waals surface area contributed by atoms with Gasteiger partial charge in [-0.2, -0.15) is 0 Å². The number of nitrogens with one attached hydrogen (secondary N) is 1. The molecule has 1 fully saturated rings. The largest absolute Gasteiger partial charge is 0.353 e. The van der Waals surface area contributed by atoms with E-state index in [1.54, 1.807) is 0 Å². The standard InChI is InChI=1S/C10H15Cl2N5/c11-8-9(12)15-7(1-2-13)16-10(8)17-5-3-14-4-6-17/h14H,1-6,13H2. The molecule has 0 unspecified atom stereocenters. The number of hydrogen-bond donors (Lipinski definition) is 2. The van der Waals surface area contributed by atoms with Crippen LogP contribution < -0.4 is 16.0 Å². The maximum atomic E-state index is 6.15. The lowest BCUT2D eigenvalue weighted by Gasteiger charge is -2.29. The first-order valence-corrected chi connectivity index (χ1v) is 6.35. The Kier molecular flexibility index (Phi) is 4.39. The average Bonchev–Trinajstić information content (AvgIpc) is 2.35. The molecule has 0 atom stereocenters. The van der Waals surface area contributed by atoms with E-state index in [-0.39, 0.29) is 0 Å². The first-order valence-electron chi connectivity index (χ1n) is 5.60. The van der Waals surface area contributed by atoms with Gasteiger partial charge in [-0.25, -0.2) is 9.97 Å². The Morgan fingerprint density at radius 3 is 2.59 bits per heavy atom. The number of aromatic nitrogens is 2. The third kappa shape index (κ3) is 2.98. The molecule has 1 aliphatic rings. The van der Waals surface area contributed by atoms with E-state index in [1.807, 2.05) is 0 Å². The van der Waals surface area contributed by atoms with Crippen LogP contribution in [0, 0.1) is 0 Å². The van der Waals surface area contributed by atoms with Gasteiger partial charge in [0.1, 0.15) is 10.8 Å². The molecule has 0 saturated carbocycles. The van der Waals surface area contributed by atoms with Gasteiger partial charge < -0.3 is 16.0 Å². The molecule has 0 amide bonds. The number of hydrogen-bond acceptors (Lipinski definition) is 5. The number of nitrogens with zero attached hydrogens (tertiary/aromatic N) is 3. The van der Waals surface area contributed by atoms with Crippen molar-refractivity contribution in [3.8, 4) is 0 Å². The van der Waals surface area contributed by atoms with E-state index >= 15 is 0 Å². The second-order valence-corrected chi connectivity index (χ2v) is 4.58. The summed E-state index contributed by atoms with van der Waals surface area (Å²) in [4.78, 5) is 10.7. The molecule has 0 radical (unpaired) electrons. The van der Waals surface area contributed by atoms with Gasteiger partial charge in [-0.3, -0.25) is 0 Å². The Hall–Kier alpha value is -0.620. The summed E-state index contributed by atoms with van der Waals surface area (Å²) in [5.74, 6) is 1.37. The Morgan fingerprint density at radius 1 is 1.24 bits per heavy atom. The van der Waals surface area contributed by atoms with Gasteiger partial charge in [-0.05, 0) is 6.54 Å². The molecule has 1 aromatic rings. The van der Waals surface area contributed by atoms with Gasteiger partial charge in [0.05, 0.1) is 0 Å². The molecular formula is C10H15Cl2N5. The normalized spacial score (nSPS) is 16.3. The van der Waals surface area contributed by atoms with Crippen LogP contribution in [0.3, 0.4) is 0 Å². The first kappa shape index (κ1) is 12.8. The van der Waals surface area contributed by atoms with Gasteiger partial charge in [0.2, 0.25) is 0 Å². The Labute approximate surface area is 110 Å². The van der Waals surface area contributed by atoms with Crippen molar-refractivity contribution in [1.82, 2.24) is 15.3 Å². The van der Waals surface area contributed by atoms with Crippen molar-refractivity contribution in [2.75, 3.05) is 37.6 Å². The molecule has 17 heavy (non-hydrogen) atoms. The van der Waals surface area contributed by atoms with Gasteiger partial charge in [-0.15, -0.1) is 0 Å². The summed E-state index contributed by atoms with van der Waals surface area (Å²) in [5, 5.41) is 4.01. The zero-order valence-electron chi connectivity index (χ0n) is 9.42. The average molecular weight is 276 g/mol. The van der Waals surface area contributed by atoms with Crippen molar-refractivity contribution in [3.63, 3.8) is 0 Å². The fourth-order valence-electron chi connectivity index (χ4n) is 1.78. The SMILES string of the molecule is NCCc1nc(Cl)c(Cl)c(N2CCNCC2)n1. The molecule has 0 aliphatic carbocycles. The zero-order valence-corrected chi connectivity index (χ0v) is 10.9. The van der Waals surface area contributed by atoms with Crippen LogP contribution >= 0.6 is 23.2 Å². The molecule has 1 saturated heterocycles. The lowest BCUT2D eigenvalue weighted by atomic mass is 10.3. The second kappa shape index (κ2) is 5.82. The smallest absolute Gasteiger partial charge is 0.153 e. The van der Waals surface area contributed by atoms with E-state index in [2.05, 4.69) is 20.2 Å². The van der Waals surface area contributed by atoms with Crippen molar-refractivity contribution in [3.05, 3.63) is 16.0 Å². The summed E-state index contributed by atoms with van der Waals surface area (Å²) < 4.78 is 0. The lowest BCUT2D eigenvalue weighted by molar-refractivity contribution is 0.583. The molecule has 1 aliphatic heterocycles. The fraction of sp³-hybridized carbons (Fsp3) is 0.600. The maximum absolute atomic E-state index is 6.15. The number of halogens is 2. The van der Waals surface area contributed by atoms with Crippen molar-refractivity contribution >= 4 is 29.0 Å². The minimum atomic E-state index is 0.304. The van der Waals surface area contributed by atoms with Crippen LogP contribution in [-0.4, -0.2) is 42.7 Å². The third-order valence-corrected chi connectivity index (χ3v) is 3.34. The van der Waals surface area contributed by atoms with Crippen LogP contribution in [0.5, 0.6) is 0 Å². The number of nitrogens with two attached hydrogens (primary N) is 1. The van der Waals surface area contributed by atoms with Gasteiger partial charge in [0.25, 0.3) is 0 Å². The monoisotopic (exact) mass is 275 g/mol. The van der Waals surface area contributed by atoms with Crippen LogP contribution in [0.2, 0.25) is 10.2 Å². The van der Waals surface area contributed by atoms with E-state index < -0.39 is 0 Å². The van der Waals surface area contributed by atoms with Gasteiger partial charge in [0.15, 0.2) is 11.0 Å². The lowest BCUT2D eigenvalue weighted by Crippen LogP contribution is -2.44. The maximum Gasteiger partial charge on any atom is 0.153 e. The molecule has 94 valence electrons. The van der Waals surface area contributed by atoms with Crippen molar-refractivity contribution < 1.29 is 0 Å². The zero-order chi connectivity index (χ0) is 12.3. The number of piperazine rings is 1. The predicted octanol–water partition coefficient (Wildman–Crippen LogP) is 0.694. The first-order chi connectivity index (χ1) is 8.22. The number of anilines is 1. The summed E-state index contributed by atoms with van der Waals surface area (Å²) in [6.07, 6.45) is 0.607. The van der Waals surface area contributed by atoms with Crippen molar-refractivity contribution in [2.24, 2.45) is 5.73 Å². The minimum absolute atomic E-state index is 0.304. The highest BCUT2D eigenvalue weighted by Gasteiger charge is 2.18. The highest BCUT2D eigenvalue weighted by molar-refractivity contribution is 6.42. The summed E-state index contributed by atoms with van der Waals surface area (Å²) in [7, 11) is 0. The molecule has 2 heterocycles.